The van der Waals surface area contributed by atoms with Crippen molar-refractivity contribution in [2.75, 3.05) is 0 Å². The molecule has 1 rings (SSSR count). The molecular formula is C22H41NO2. The largest absolute Gasteiger partial charge is 0.296 e. The molecule has 1 N–H and O–H groups in total. The number of hydrogen-bond acceptors (Lipinski definition) is 2. The lowest BCUT2D eigenvalue weighted by Gasteiger charge is -2.06. The molecule has 1 fully saturated rings. The van der Waals surface area contributed by atoms with Crippen LogP contribution in [0.5, 0.6) is 0 Å². The molecule has 25 heavy (non-hydrogen) atoms. The number of unbranched alkanes of at least 4 members (excludes halogenated alkanes) is 12. The monoisotopic (exact) mass is 351 g/mol. The van der Waals surface area contributed by atoms with Crippen LogP contribution in [0.25, 0.3) is 0 Å². The van der Waals surface area contributed by atoms with E-state index in [1.807, 2.05) is 0 Å². The summed E-state index contributed by atoms with van der Waals surface area (Å²) in [5, 5.41) is 2.39. The van der Waals surface area contributed by atoms with Crippen LogP contribution in [0.2, 0.25) is 0 Å². The highest BCUT2D eigenvalue weighted by Gasteiger charge is 2.29. The van der Waals surface area contributed by atoms with E-state index in [0.717, 1.165) is 18.8 Å². The molecule has 2 amide bonds. The van der Waals surface area contributed by atoms with E-state index in [9.17, 15) is 9.59 Å². The molecule has 146 valence electrons. The molecule has 1 unspecified atom stereocenters. The second kappa shape index (κ2) is 14.3. The maximum Gasteiger partial charge on any atom is 0.230 e. The maximum absolute atomic E-state index is 11.4. The fourth-order valence-corrected chi connectivity index (χ4v) is 3.73. The third-order valence-corrected chi connectivity index (χ3v) is 5.40. The van der Waals surface area contributed by atoms with Crippen molar-refractivity contribution in [3.05, 3.63) is 0 Å². The van der Waals surface area contributed by atoms with Gasteiger partial charge in [0.2, 0.25) is 11.8 Å². The molecule has 1 aliphatic heterocycles. The van der Waals surface area contributed by atoms with Crippen LogP contribution in [-0.2, 0) is 9.59 Å². The van der Waals surface area contributed by atoms with Gasteiger partial charge in [0.25, 0.3) is 0 Å². The number of carbonyl (C=O) groups excluding carboxylic acids is 2. The molecule has 1 aliphatic rings. The highest BCUT2D eigenvalue weighted by Crippen LogP contribution is 2.19. The second-order valence-electron chi connectivity index (χ2n) is 8.38. The molecule has 0 bridgehead atoms. The van der Waals surface area contributed by atoms with Crippen molar-refractivity contribution in [2.45, 2.75) is 117 Å². The lowest BCUT2D eigenvalue weighted by Crippen LogP contribution is -2.21. The molecule has 0 aliphatic carbocycles. The first kappa shape index (κ1) is 22.2. The van der Waals surface area contributed by atoms with Crippen molar-refractivity contribution < 1.29 is 9.59 Å². The van der Waals surface area contributed by atoms with E-state index >= 15 is 0 Å². The van der Waals surface area contributed by atoms with Crippen molar-refractivity contribution in [3.63, 3.8) is 0 Å². The van der Waals surface area contributed by atoms with Gasteiger partial charge in [-0.05, 0) is 12.3 Å². The van der Waals surface area contributed by atoms with Crippen LogP contribution in [0.4, 0.5) is 0 Å². The Morgan fingerprint density at radius 2 is 1.20 bits per heavy atom. The summed E-state index contributed by atoms with van der Waals surface area (Å²) in [7, 11) is 0. The van der Waals surface area contributed by atoms with Crippen molar-refractivity contribution in [2.24, 2.45) is 11.8 Å². The van der Waals surface area contributed by atoms with Crippen LogP contribution in [0.3, 0.4) is 0 Å². The average Bonchev–Trinajstić information content (AvgIpc) is 2.88. The molecular weight excluding hydrogens is 310 g/mol. The van der Waals surface area contributed by atoms with E-state index < -0.39 is 0 Å². The summed E-state index contributed by atoms with van der Waals surface area (Å²) in [5.74, 6) is 0.680. The zero-order valence-corrected chi connectivity index (χ0v) is 16.8. The van der Waals surface area contributed by atoms with Gasteiger partial charge in [-0.3, -0.25) is 14.9 Å². The molecule has 1 heterocycles. The summed E-state index contributed by atoms with van der Waals surface area (Å²) >= 11 is 0. The predicted molar refractivity (Wildman–Crippen MR) is 105 cm³/mol. The first-order valence-corrected chi connectivity index (χ1v) is 10.9. The van der Waals surface area contributed by atoms with Crippen LogP contribution in [0.15, 0.2) is 0 Å². The Hall–Kier alpha value is -0.860. The normalized spacial score (nSPS) is 17.5. The Morgan fingerprint density at radius 1 is 0.760 bits per heavy atom. The zero-order valence-electron chi connectivity index (χ0n) is 16.8. The van der Waals surface area contributed by atoms with E-state index in [0.29, 0.717) is 6.42 Å². The van der Waals surface area contributed by atoms with Gasteiger partial charge in [0.1, 0.15) is 0 Å². The zero-order chi connectivity index (χ0) is 18.3. The Kier molecular flexibility index (Phi) is 12.7. The van der Waals surface area contributed by atoms with Gasteiger partial charge in [0.05, 0.1) is 0 Å². The number of imide groups is 1. The van der Waals surface area contributed by atoms with Crippen molar-refractivity contribution in [1.29, 1.82) is 0 Å². The number of nitrogens with one attached hydrogen (secondary N) is 1. The predicted octanol–water partition coefficient (Wildman–Crippen LogP) is 6.16. The van der Waals surface area contributed by atoms with Crippen molar-refractivity contribution in [3.8, 4) is 0 Å². The molecule has 0 radical (unpaired) electrons. The highest BCUT2D eigenvalue weighted by molar-refractivity contribution is 6.03. The standard InChI is InChI=1S/C22H41NO2/c1-19(2)16-14-12-10-8-6-4-3-5-7-9-11-13-15-17-20-18-21(24)23-22(20)25/h19-20H,3-18H2,1-2H3,(H,23,24,25). The molecule has 3 nitrogen and oxygen atoms in total. The van der Waals surface area contributed by atoms with E-state index in [1.54, 1.807) is 0 Å². The average molecular weight is 352 g/mol. The number of carbonyl (C=O) groups is 2. The molecule has 0 aromatic carbocycles. The van der Waals surface area contributed by atoms with E-state index in [4.69, 9.17) is 0 Å². The van der Waals surface area contributed by atoms with Crippen LogP contribution >= 0.6 is 0 Å². The minimum Gasteiger partial charge on any atom is -0.296 e. The summed E-state index contributed by atoms with van der Waals surface area (Å²) in [6.07, 6.45) is 20.2. The molecule has 0 spiro atoms. The van der Waals surface area contributed by atoms with Gasteiger partial charge >= 0.3 is 0 Å². The smallest absolute Gasteiger partial charge is 0.230 e. The Bertz CT molecular complexity index is 365. The van der Waals surface area contributed by atoms with Crippen molar-refractivity contribution in [1.82, 2.24) is 5.32 Å². The summed E-state index contributed by atoms with van der Waals surface area (Å²) in [5.41, 5.74) is 0. The van der Waals surface area contributed by atoms with Crippen LogP contribution in [-0.4, -0.2) is 11.8 Å². The van der Waals surface area contributed by atoms with Gasteiger partial charge < -0.3 is 0 Å². The summed E-state index contributed by atoms with van der Waals surface area (Å²) in [6.45, 7) is 4.63. The summed E-state index contributed by atoms with van der Waals surface area (Å²) in [4.78, 5) is 22.5. The van der Waals surface area contributed by atoms with Crippen LogP contribution in [0.1, 0.15) is 117 Å². The van der Waals surface area contributed by atoms with Gasteiger partial charge in [-0.15, -0.1) is 0 Å². The summed E-state index contributed by atoms with van der Waals surface area (Å²) < 4.78 is 0. The van der Waals surface area contributed by atoms with E-state index in [-0.39, 0.29) is 17.7 Å². The second-order valence-corrected chi connectivity index (χ2v) is 8.38. The van der Waals surface area contributed by atoms with Gasteiger partial charge in [-0.2, -0.15) is 0 Å². The quantitative estimate of drug-likeness (QED) is 0.267. The summed E-state index contributed by atoms with van der Waals surface area (Å²) in [6, 6.07) is 0. The lowest BCUT2D eigenvalue weighted by molar-refractivity contribution is -0.125. The first-order chi connectivity index (χ1) is 12.1. The minimum absolute atomic E-state index is 0.0436. The number of amides is 2. The first-order valence-electron chi connectivity index (χ1n) is 10.9. The Balaban J connectivity index is 1.73. The topological polar surface area (TPSA) is 46.2 Å². The number of hydrogen-bond donors (Lipinski definition) is 1. The molecule has 0 aromatic heterocycles. The van der Waals surface area contributed by atoms with Crippen molar-refractivity contribution >= 4 is 11.8 Å². The maximum atomic E-state index is 11.4. The molecule has 3 heteroatoms. The Morgan fingerprint density at radius 3 is 1.60 bits per heavy atom. The third-order valence-electron chi connectivity index (χ3n) is 5.40. The lowest BCUT2D eigenvalue weighted by atomic mass is 9.98. The molecule has 1 saturated heterocycles. The number of rotatable bonds is 16. The third kappa shape index (κ3) is 12.2. The SMILES string of the molecule is CC(C)CCCCCCCCCCCCCCCC1CC(=O)NC1=O. The fraction of sp³-hybridized carbons (Fsp3) is 0.909. The van der Waals surface area contributed by atoms with E-state index in [2.05, 4.69) is 19.2 Å². The molecule has 0 saturated carbocycles. The molecule has 1 atom stereocenters. The van der Waals surface area contributed by atoms with Gasteiger partial charge in [-0.1, -0.05) is 104 Å². The van der Waals surface area contributed by atoms with Crippen LogP contribution in [0, 0.1) is 11.8 Å². The van der Waals surface area contributed by atoms with Gasteiger partial charge in [0, 0.05) is 12.3 Å². The van der Waals surface area contributed by atoms with Gasteiger partial charge in [-0.25, -0.2) is 0 Å². The minimum atomic E-state index is -0.0921. The molecule has 0 aromatic rings. The highest BCUT2D eigenvalue weighted by atomic mass is 16.2. The van der Waals surface area contributed by atoms with Crippen LogP contribution < -0.4 is 5.32 Å². The Labute approximate surface area is 155 Å². The van der Waals surface area contributed by atoms with E-state index in [1.165, 1.54) is 83.5 Å². The van der Waals surface area contributed by atoms with Gasteiger partial charge in [0.15, 0.2) is 0 Å². The fourth-order valence-electron chi connectivity index (χ4n) is 3.73.